The number of nitrogens with one attached hydrogen (secondary N) is 1. The first kappa shape index (κ1) is 18.7. The zero-order valence-electron chi connectivity index (χ0n) is 15.6. The molecule has 2 amide bonds. The normalized spacial score (nSPS) is 16.7. The molecule has 0 saturated carbocycles. The lowest BCUT2D eigenvalue weighted by Crippen LogP contribution is -2.33. The second-order valence-electron chi connectivity index (χ2n) is 6.84. The smallest absolute Gasteiger partial charge is 0.227 e. The fraction of sp³-hybridized carbons (Fsp3) is 0.286. The molecule has 1 N–H and O–H groups in total. The topological polar surface area (TPSA) is 67.2 Å². The van der Waals surface area contributed by atoms with Gasteiger partial charge in [-0.3, -0.25) is 9.59 Å². The highest BCUT2D eigenvalue weighted by Gasteiger charge is 2.35. The number of nitrogens with zero attached hydrogens (tertiary/aromatic N) is 3. The second-order valence-corrected chi connectivity index (χ2v) is 7.69. The van der Waals surface area contributed by atoms with Crippen LogP contribution in [-0.4, -0.2) is 27.9 Å². The van der Waals surface area contributed by atoms with E-state index in [-0.39, 0.29) is 24.2 Å². The first-order chi connectivity index (χ1) is 13.6. The lowest BCUT2D eigenvalue weighted by Gasteiger charge is -2.18. The summed E-state index contributed by atoms with van der Waals surface area (Å²) in [5, 5.41) is 2.97. The van der Waals surface area contributed by atoms with Gasteiger partial charge in [0.15, 0.2) is 0 Å². The van der Waals surface area contributed by atoms with Crippen molar-refractivity contribution in [2.75, 3.05) is 11.4 Å². The van der Waals surface area contributed by atoms with Gasteiger partial charge in [0.1, 0.15) is 5.82 Å². The maximum Gasteiger partial charge on any atom is 0.227 e. The standard InChI is InChI=1S/C21H21BrN4O2/c1-2-25-18-10-6-4-8-16(18)24-19(25)12-23-21(28)14-11-20(27)26(13-14)17-9-5-3-7-15(17)22/h3-10,14H,2,11-13H2,1H3,(H,23,28). The number of anilines is 1. The zero-order chi connectivity index (χ0) is 19.7. The molecule has 0 aliphatic carbocycles. The Bertz CT molecular complexity index is 1050. The van der Waals surface area contributed by atoms with Crippen LogP contribution in [0.25, 0.3) is 11.0 Å². The molecule has 0 radical (unpaired) electrons. The number of carbonyl (C=O) groups is 2. The summed E-state index contributed by atoms with van der Waals surface area (Å²) in [4.78, 5) is 31.5. The number of aromatic nitrogens is 2. The van der Waals surface area contributed by atoms with Crippen LogP contribution in [0.1, 0.15) is 19.2 Å². The molecule has 28 heavy (non-hydrogen) atoms. The summed E-state index contributed by atoms with van der Waals surface area (Å²) in [6, 6.07) is 15.5. The summed E-state index contributed by atoms with van der Waals surface area (Å²) in [6.07, 6.45) is 0.220. The van der Waals surface area contributed by atoms with E-state index in [2.05, 4.69) is 37.7 Å². The molecular formula is C21H21BrN4O2. The van der Waals surface area contributed by atoms with E-state index < -0.39 is 0 Å². The van der Waals surface area contributed by atoms with Crippen LogP contribution in [0.4, 0.5) is 5.69 Å². The van der Waals surface area contributed by atoms with Crippen LogP contribution in [0.5, 0.6) is 0 Å². The van der Waals surface area contributed by atoms with E-state index in [9.17, 15) is 9.59 Å². The molecule has 2 aromatic carbocycles. The number of hydrogen-bond acceptors (Lipinski definition) is 3. The van der Waals surface area contributed by atoms with Crippen molar-refractivity contribution >= 4 is 44.5 Å². The van der Waals surface area contributed by atoms with Crippen LogP contribution >= 0.6 is 15.9 Å². The van der Waals surface area contributed by atoms with Crippen molar-refractivity contribution in [2.24, 2.45) is 5.92 Å². The average Bonchev–Trinajstić information content (AvgIpc) is 3.26. The number of fused-ring (bicyclic) bond motifs is 1. The molecule has 6 nitrogen and oxygen atoms in total. The molecule has 0 spiro atoms. The van der Waals surface area contributed by atoms with Crippen LogP contribution in [0.15, 0.2) is 53.0 Å². The van der Waals surface area contributed by atoms with Gasteiger partial charge in [-0.1, -0.05) is 24.3 Å². The highest BCUT2D eigenvalue weighted by Crippen LogP contribution is 2.31. The van der Waals surface area contributed by atoms with E-state index in [1.807, 2.05) is 48.5 Å². The summed E-state index contributed by atoms with van der Waals surface area (Å²) in [5.41, 5.74) is 2.78. The first-order valence-corrected chi connectivity index (χ1v) is 10.1. The van der Waals surface area contributed by atoms with Crippen LogP contribution in [0.3, 0.4) is 0 Å². The molecule has 1 aromatic heterocycles. The Kier molecular flexibility index (Phi) is 5.17. The number of benzene rings is 2. The Balaban J connectivity index is 1.45. The quantitative estimate of drug-likeness (QED) is 0.659. The third kappa shape index (κ3) is 3.42. The molecule has 1 aliphatic heterocycles. The second kappa shape index (κ2) is 7.75. The van der Waals surface area contributed by atoms with Gasteiger partial charge in [0.25, 0.3) is 0 Å². The Morgan fingerprint density at radius 3 is 2.75 bits per heavy atom. The highest BCUT2D eigenvalue weighted by molar-refractivity contribution is 9.10. The molecule has 2 heterocycles. The number of imidazole rings is 1. The molecule has 1 atom stereocenters. The Morgan fingerprint density at radius 1 is 1.21 bits per heavy atom. The summed E-state index contributed by atoms with van der Waals surface area (Å²) in [6.45, 7) is 3.58. The maximum atomic E-state index is 12.7. The molecule has 1 aliphatic rings. The third-order valence-corrected chi connectivity index (χ3v) is 5.78. The van der Waals surface area contributed by atoms with Crippen molar-refractivity contribution in [2.45, 2.75) is 26.4 Å². The average molecular weight is 441 g/mol. The molecule has 1 saturated heterocycles. The molecule has 4 rings (SSSR count). The molecule has 1 unspecified atom stereocenters. The molecule has 7 heteroatoms. The molecule has 144 valence electrons. The van der Waals surface area contributed by atoms with E-state index in [1.54, 1.807) is 4.90 Å². The SMILES string of the molecule is CCn1c(CNC(=O)C2CC(=O)N(c3ccccc3Br)C2)nc2ccccc21. The summed E-state index contributed by atoms with van der Waals surface area (Å²) >= 11 is 3.48. The lowest BCUT2D eigenvalue weighted by molar-refractivity contribution is -0.126. The molecular weight excluding hydrogens is 420 g/mol. The summed E-state index contributed by atoms with van der Waals surface area (Å²) < 4.78 is 2.95. The van der Waals surface area contributed by atoms with Gasteiger partial charge in [-0.25, -0.2) is 4.98 Å². The number of halogens is 1. The number of rotatable bonds is 5. The van der Waals surface area contributed by atoms with Crippen LogP contribution < -0.4 is 10.2 Å². The van der Waals surface area contributed by atoms with Crippen molar-refractivity contribution in [1.29, 1.82) is 0 Å². The van der Waals surface area contributed by atoms with Crippen LogP contribution in [0.2, 0.25) is 0 Å². The van der Waals surface area contributed by atoms with Gasteiger partial charge in [-0.2, -0.15) is 0 Å². The van der Waals surface area contributed by atoms with E-state index in [1.165, 1.54) is 0 Å². The van der Waals surface area contributed by atoms with Crippen molar-refractivity contribution in [1.82, 2.24) is 14.9 Å². The predicted molar refractivity (Wildman–Crippen MR) is 112 cm³/mol. The van der Waals surface area contributed by atoms with E-state index in [0.29, 0.717) is 13.1 Å². The zero-order valence-corrected chi connectivity index (χ0v) is 17.1. The minimum Gasteiger partial charge on any atom is -0.349 e. The van der Waals surface area contributed by atoms with E-state index in [0.717, 1.165) is 33.6 Å². The minimum atomic E-state index is -0.362. The number of para-hydroxylation sites is 3. The summed E-state index contributed by atoms with van der Waals surface area (Å²) in [7, 11) is 0. The van der Waals surface area contributed by atoms with Gasteiger partial charge in [-0.05, 0) is 47.1 Å². The van der Waals surface area contributed by atoms with E-state index in [4.69, 9.17) is 0 Å². The number of carbonyl (C=O) groups excluding carboxylic acids is 2. The number of aryl methyl sites for hydroxylation is 1. The Labute approximate surface area is 171 Å². The van der Waals surface area contributed by atoms with Crippen molar-refractivity contribution in [3.63, 3.8) is 0 Å². The Hall–Kier alpha value is -2.67. The largest absolute Gasteiger partial charge is 0.349 e. The van der Waals surface area contributed by atoms with Crippen LogP contribution in [-0.2, 0) is 22.7 Å². The monoisotopic (exact) mass is 440 g/mol. The van der Waals surface area contributed by atoms with Gasteiger partial charge in [0.05, 0.1) is 29.2 Å². The number of amides is 2. The fourth-order valence-electron chi connectivity index (χ4n) is 3.71. The highest BCUT2D eigenvalue weighted by atomic mass is 79.9. The minimum absolute atomic E-state index is 0.0344. The molecule has 1 fully saturated rings. The van der Waals surface area contributed by atoms with Crippen molar-refractivity contribution in [3.8, 4) is 0 Å². The van der Waals surface area contributed by atoms with Gasteiger partial charge >= 0.3 is 0 Å². The van der Waals surface area contributed by atoms with Gasteiger partial charge < -0.3 is 14.8 Å². The van der Waals surface area contributed by atoms with Gasteiger partial charge in [-0.15, -0.1) is 0 Å². The molecule has 3 aromatic rings. The van der Waals surface area contributed by atoms with Crippen LogP contribution in [0, 0.1) is 5.92 Å². The lowest BCUT2D eigenvalue weighted by atomic mass is 10.1. The maximum absolute atomic E-state index is 12.7. The van der Waals surface area contributed by atoms with Gasteiger partial charge in [0, 0.05) is 24.0 Å². The fourth-order valence-corrected chi connectivity index (χ4v) is 4.21. The van der Waals surface area contributed by atoms with Crippen molar-refractivity contribution < 1.29 is 9.59 Å². The third-order valence-electron chi connectivity index (χ3n) is 5.11. The Morgan fingerprint density at radius 2 is 1.96 bits per heavy atom. The number of hydrogen-bond donors (Lipinski definition) is 1. The predicted octanol–water partition coefficient (Wildman–Crippen LogP) is 3.49. The molecule has 0 bridgehead atoms. The summed E-state index contributed by atoms with van der Waals surface area (Å²) in [5.74, 6) is 0.313. The first-order valence-electron chi connectivity index (χ1n) is 9.35. The van der Waals surface area contributed by atoms with E-state index >= 15 is 0 Å². The van der Waals surface area contributed by atoms with Gasteiger partial charge in [0.2, 0.25) is 11.8 Å². The van der Waals surface area contributed by atoms with Crippen molar-refractivity contribution in [3.05, 3.63) is 58.8 Å².